The summed E-state index contributed by atoms with van der Waals surface area (Å²) >= 11 is 1.28. The molecule has 0 unspecified atom stereocenters. The van der Waals surface area contributed by atoms with Gasteiger partial charge in [-0.2, -0.15) is 0 Å². The summed E-state index contributed by atoms with van der Waals surface area (Å²) < 4.78 is 0. The van der Waals surface area contributed by atoms with Crippen molar-refractivity contribution in [1.29, 1.82) is 0 Å². The molecule has 1 heterocycles. The first-order chi connectivity index (χ1) is 6.68. The van der Waals surface area contributed by atoms with E-state index in [0.29, 0.717) is 11.6 Å². The predicted molar refractivity (Wildman–Crippen MR) is 60.8 cm³/mol. The van der Waals surface area contributed by atoms with Crippen molar-refractivity contribution < 1.29 is 4.79 Å². The maximum atomic E-state index is 10.6. The summed E-state index contributed by atoms with van der Waals surface area (Å²) in [5, 5.41) is 0.129. The average Bonchev–Trinajstić information content (AvgIpc) is 2.12. The van der Waals surface area contributed by atoms with Gasteiger partial charge in [0, 0.05) is 18.9 Å². The second kappa shape index (κ2) is 5.44. The zero-order valence-electron chi connectivity index (χ0n) is 7.93. The van der Waals surface area contributed by atoms with Gasteiger partial charge in [0.15, 0.2) is 5.12 Å². The highest BCUT2D eigenvalue weighted by atomic mass is 32.2. The SMILES string of the molecule is CC(=O)SCC=Cc1ccnc(N)c1. The monoisotopic (exact) mass is 208 g/mol. The molecule has 0 aliphatic carbocycles. The van der Waals surface area contributed by atoms with E-state index in [1.807, 2.05) is 18.2 Å². The lowest BCUT2D eigenvalue weighted by Gasteiger charge is -1.94. The zero-order chi connectivity index (χ0) is 10.4. The maximum Gasteiger partial charge on any atom is 0.186 e. The van der Waals surface area contributed by atoms with Crippen molar-refractivity contribution in [1.82, 2.24) is 4.98 Å². The molecule has 0 aromatic carbocycles. The standard InChI is InChI=1S/C10H12N2OS/c1-8(13)14-6-2-3-9-4-5-12-10(11)7-9/h2-5,7H,6H2,1H3,(H2,11,12). The number of nitrogens with zero attached hydrogens (tertiary/aromatic N) is 1. The molecule has 0 aliphatic heterocycles. The molecule has 0 spiro atoms. The topological polar surface area (TPSA) is 56.0 Å². The number of rotatable bonds is 3. The molecule has 1 aromatic heterocycles. The third-order valence-electron chi connectivity index (χ3n) is 1.50. The molecular weight excluding hydrogens is 196 g/mol. The molecule has 2 N–H and O–H groups in total. The molecule has 0 amide bonds. The van der Waals surface area contributed by atoms with Crippen molar-refractivity contribution in [2.45, 2.75) is 6.92 Å². The molecule has 0 fully saturated rings. The van der Waals surface area contributed by atoms with Gasteiger partial charge in [0.1, 0.15) is 5.82 Å². The van der Waals surface area contributed by atoms with Crippen molar-refractivity contribution >= 4 is 28.8 Å². The Morgan fingerprint density at radius 3 is 3.14 bits per heavy atom. The third-order valence-corrected chi connectivity index (χ3v) is 2.26. The molecule has 0 saturated heterocycles. The Kier molecular flexibility index (Phi) is 4.19. The molecule has 0 bridgehead atoms. The second-order valence-corrected chi connectivity index (χ2v) is 3.92. The third kappa shape index (κ3) is 4.09. The molecule has 14 heavy (non-hydrogen) atoms. The lowest BCUT2D eigenvalue weighted by molar-refractivity contribution is -0.109. The van der Waals surface area contributed by atoms with Gasteiger partial charge in [0.2, 0.25) is 0 Å². The van der Waals surface area contributed by atoms with Crippen LogP contribution in [0.25, 0.3) is 6.08 Å². The molecule has 74 valence electrons. The van der Waals surface area contributed by atoms with Crippen molar-refractivity contribution in [3.8, 4) is 0 Å². The summed E-state index contributed by atoms with van der Waals surface area (Å²) in [6.45, 7) is 1.56. The molecule has 0 atom stereocenters. The summed E-state index contributed by atoms with van der Waals surface area (Å²) in [5.41, 5.74) is 6.51. The van der Waals surface area contributed by atoms with Crippen LogP contribution in [0, 0.1) is 0 Å². The number of carbonyl (C=O) groups is 1. The number of nitrogen functional groups attached to an aromatic ring is 1. The number of pyridine rings is 1. The normalized spacial score (nSPS) is 10.6. The number of carbonyl (C=O) groups excluding carboxylic acids is 1. The first kappa shape index (κ1) is 10.8. The number of hydrogen-bond acceptors (Lipinski definition) is 4. The Morgan fingerprint density at radius 2 is 2.50 bits per heavy atom. The van der Waals surface area contributed by atoms with Crippen molar-refractivity contribution in [3.63, 3.8) is 0 Å². The fourth-order valence-corrected chi connectivity index (χ4v) is 1.35. The largest absolute Gasteiger partial charge is 0.384 e. The van der Waals surface area contributed by atoms with Gasteiger partial charge in [0.05, 0.1) is 0 Å². The summed E-state index contributed by atoms with van der Waals surface area (Å²) in [6, 6.07) is 3.65. The lowest BCUT2D eigenvalue weighted by atomic mass is 10.2. The van der Waals surface area contributed by atoms with Crippen molar-refractivity contribution in [2.75, 3.05) is 11.5 Å². The molecule has 1 rings (SSSR count). The van der Waals surface area contributed by atoms with E-state index in [9.17, 15) is 4.79 Å². The summed E-state index contributed by atoms with van der Waals surface area (Å²) in [7, 11) is 0. The molecule has 0 radical (unpaired) electrons. The van der Waals surface area contributed by atoms with Crippen LogP contribution in [-0.4, -0.2) is 15.9 Å². The number of aromatic nitrogens is 1. The highest BCUT2D eigenvalue weighted by Crippen LogP contribution is 2.07. The van der Waals surface area contributed by atoms with Gasteiger partial charge in [-0.25, -0.2) is 4.98 Å². The van der Waals surface area contributed by atoms with E-state index >= 15 is 0 Å². The Bertz CT molecular complexity index is 350. The fourth-order valence-electron chi connectivity index (χ4n) is 0.919. The summed E-state index contributed by atoms with van der Waals surface area (Å²) in [5.74, 6) is 1.20. The Labute approximate surface area is 87.4 Å². The minimum Gasteiger partial charge on any atom is -0.384 e. The smallest absolute Gasteiger partial charge is 0.186 e. The number of hydrogen-bond donors (Lipinski definition) is 1. The van der Waals surface area contributed by atoms with Crippen molar-refractivity contribution in [2.24, 2.45) is 0 Å². The molecular formula is C10H12N2OS. The molecule has 0 saturated carbocycles. The first-order valence-corrected chi connectivity index (χ1v) is 5.18. The van der Waals surface area contributed by atoms with Crippen LogP contribution in [0.3, 0.4) is 0 Å². The zero-order valence-corrected chi connectivity index (χ0v) is 8.75. The minimum atomic E-state index is 0.129. The van der Waals surface area contributed by atoms with E-state index in [2.05, 4.69) is 4.98 Å². The van der Waals surface area contributed by atoms with Crippen LogP contribution in [0.4, 0.5) is 5.82 Å². The van der Waals surface area contributed by atoms with Crippen LogP contribution < -0.4 is 5.73 Å². The predicted octanol–water partition coefficient (Wildman–Crippen LogP) is 1.96. The quantitative estimate of drug-likeness (QED) is 0.825. The Morgan fingerprint density at radius 1 is 1.71 bits per heavy atom. The van der Waals surface area contributed by atoms with E-state index in [4.69, 9.17) is 5.73 Å². The van der Waals surface area contributed by atoms with Crippen LogP contribution in [0.2, 0.25) is 0 Å². The number of anilines is 1. The van der Waals surface area contributed by atoms with E-state index in [0.717, 1.165) is 5.56 Å². The van der Waals surface area contributed by atoms with Gasteiger partial charge in [-0.3, -0.25) is 4.79 Å². The van der Waals surface area contributed by atoms with Crippen molar-refractivity contribution in [3.05, 3.63) is 30.0 Å². The lowest BCUT2D eigenvalue weighted by Crippen LogP contribution is -1.88. The van der Waals surface area contributed by atoms with Crippen LogP contribution in [-0.2, 0) is 4.79 Å². The molecule has 0 aliphatic rings. The van der Waals surface area contributed by atoms with Gasteiger partial charge < -0.3 is 5.73 Å². The molecule has 3 nitrogen and oxygen atoms in total. The van der Waals surface area contributed by atoms with Gasteiger partial charge in [-0.15, -0.1) is 0 Å². The number of thioether (sulfide) groups is 1. The van der Waals surface area contributed by atoms with Crippen LogP contribution in [0.5, 0.6) is 0 Å². The van der Waals surface area contributed by atoms with Crippen LogP contribution >= 0.6 is 11.8 Å². The van der Waals surface area contributed by atoms with Gasteiger partial charge in [-0.05, 0) is 17.7 Å². The minimum absolute atomic E-state index is 0.129. The van der Waals surface area contributed by atoms with Gasteiger partial charge >= 0.3 is 0 Å². The highest BCUT2D eigenvalue weighted by Gasteiger charge is 1.90. The highest BCUT2D eigenvalue weighted by molar-refractivity contribution is 8.13. The van der Waals surface area contributed by atoms with E-state index in [1.165, 1.54) is 11.8 Å². The summed E-state index contributed by atoms with van der Waals surface area (Å²) in [4.78, 5) is 14.5. The second-order valence-electron chi connectivity index (χ2n) is 2.72. The van der Waals surface area contributed by atoms with Crippen LogP contribution in [0.15, 0.2) is 24.4 Å². The van der Waals surface area contributed by atoms with E-state index in [-0.39, 0.29) is 5.12 Å². The van der Waals surface area contributed by atoms with Gasteiger partial charge in [0.25, 0.3) is 0 Å². The first-order valence-electron chi connectivity index (χ1n) is 4.20. The summed E-state index contributed by atoms with van der Waals surface area (Å²) in [6.07, 6.45) is 5.52. The Hall–Kier alpha value is -1.29. The van der Waals surface area contributed by atoms with E-state index in [1.54, 1.807) is 19.2 Å². The molecule has 1 aromatic rings. The van der Waals surface area contributed by atoms with Crippen LogP contribution in [0.1, 0.15) is 12.5 Å². The maximum absolute atomic E-state index is 10.6. The Balaban J connectivity index is 2.47. The number of nitrogens with two attached hydrogens (primary N) is 1. The molecule has 4 heteroatoms. The van der Waals surface area contributed by atoms with E-state index < -0.39 is 0 Å². The van der Waals surface area contributed by atoms with Gasteiger partial charge in [-0.1, -0.05) is 23.9 Å². The average molecular weight is 208 g/mol. The fraction of sp³-hybridized carbons (Fsp3) is 0.200.